The van der Waals surface area contributed by atoms with Crippen LogP contribution >= 0.6 is 11.6 Å². The van der Waals surface area contributed by atoms with E-state index in [0.29, 0.717) is 31.7 Å². The Hall–Kier alpha value is -1.12. The van der Waals surface area contributed by atoms with Gasteiger partial charge in [0.1, 0.15) is 11.0 Å². The number of halogens is 1. The largest absolute Gasteiger partial charge is 0.368 e. The highest BCUT2D eigenvalue weighted by molar-refractivity contribution is 7.88. The van der Waals surface area contributed by atoms with Crippen molar-refractivity contribution in [2.75, 3.05) is 30.4 Å². The third-order valence-corrected chi connectivity index (χ3v) is 4.48. The summed E-state index contributed by atoms with van der Waals surface area (Å²) in [6, 6.07) is 1.75. The molecule has 2 rings (SSSR count). The molecule has 0 bridgehead atoms. The Bertz CT molecular complexity index is 537. The van der Waals surface area contributed by atoms with E-state index < -0.39 is 10.0 Å². The maximum Gasteiger partial charge on any atom is 0.223 e. The quantitative estimate of drug-likeness (QED) is 0.791. The maximum absolute atomic E-state index is 11.4. The van der Waals surface area contributed by atoms with Gasteiger partial charge in [-0.1, -0.05) is 11.6 Å². The van der Waals surface area contributed by atoms with Crippen LogP contribution in [0.2, 0.25) is 5.15 Å². The Balaban J connectivity index is 1.96. The molecule has 1 saturated heterocycles. The van der Waals surface area contributed by atoms with Gasteiger partial charge in [-0.15, -0.1) is 0 Å². The standard InChI is InChI=1S/C10H16ClN5O2S/c1-19(17,18)16-4-2-7(3-5-16)13-9-6-8(11)14-10(12)15-9/h6-7H,2-5H2,1H3,(H3,12,13,14,15). The Morgan fingerprint density at radius 2 is 2.05 bits per heavy atom. The first-order valence-electron chi connectivity index (χ1n) is 5.86. The summed E-state index contributed by atoms with van der Waals surface area (Å²) in [7, 11) is -3.10. The van der Waals surface area contributed by atoms with Crippen LogP contribution in [0.4, 0.5) is 11.8 Å². The molecule has 9 heteroatoms. The molecule has 0 aliphatic carbocycles. The van der Waals surface area contributed by atoms with Gasteiger partial charge in [0, 0.05) is 25.2 Å². The number of hydrogen-bond donors (Lipinski definition) is 2. The topological polar surface area (TPSA) is 101 Å². The van der Waals surface area contributed by atoms with Gasteiger partial charge in [0.05, 0.1) is 6.26 Å². The van der Waals surface area contributed by atoms with Gasteiger partial charge >= 0.3 is 0 Å². The van der Waals surface area contributed by atoms with Gasteiger partial charge in [-0.2, -0.15) is 4.98 Å². The monoisotopic (exact) mass is 305 g/mol. The van der Waals surface area contributed by atoms with Crippen LogP contribution in [0, 0.1) is 0 Å². The van der Waals surface area contributed by atoms with E-state index in [9.17, 15) is 8.42 Å². The summed E-state index contributed by atoms with van der Waals surface area (Å²) in [4.78, 5) is 7.81. The molecule has 1 aromatic rings. The normalized spacial score (nSPS) is 18.4. The number of nitrogen functional groups attached to an aromatic ring is 1. The molecule has 19 heavy (non-hydrogen) atoms. The van der Waals surface area contributed by atoms with Crippen LogP contribution in [0.5, 0.6) is 0 Å². The SMILES string of the molecule is CS(=O)(=O)N1CCC(Nc2cc(Cl)nc(N)n2)CC1. The van der Waals surface area contributed by atoms with E-state index in [-0.39, 0.29) is 17.1 Å². The van der Waals surface area contributed by atoms with Crippen molar-refractivity contribution in [3.63, 3.8) is 0 Å². The number of sulfonamides is 1. The molecule has 1 fully saturated rings. The fourth-order valence-electron chi connectivity index (χ4n) is 2.05. The number of nitrogens with two attached hydrogens (primary N) is 1. The molecule has 2 heterocycles. The summed E-state index contributed by atoms with van der Waals surface area (Å²) >= 11 is 5.79. The zero-order valence-electron chi connectivity index (χ0n) is 10.5. The van der Waals surface area contributed by atoms with Crippen LogP contribution in [0.3, 0.4) is 0 Å². The second-order valence-electron chi connectivity index (χ2n) is 4.51. The predicted molar refractivity (Wildman–Crippen MR) is 74.5 cm³/mol. The molecule has 1 aliphatic heterocycles. The van der Waals surface area contributed by atoms with E-state index in [1.54, 1.807) is 6.07 Å². The van der Waals surface area contributed by atoms with E-state index >= 15 is 0 Å². The van der Waals surface area contributed by atoms with Crippen LogP contribution in [-0.4, -0.2) is 48.1 Å². The Morgan fingerprint density at radius 3 is 2.58 bits per heavy atom. The van der Waals surface area contributed by atoms with Gasteiger partial charge in [0.25, 0.3) is 0 Å². The molecule has 3 N–H and O–H groups in total. The highest BCUT2D eigenvalue weighted by Crippen LogP contribution is 2.19. The molecular formula is C10H16ClN5O2S. The number of nitrogens with one attached hydrogen (secondary N) is 1. The molecule has 0 saturated carbocycles. The molecule has 106 valence electrons. The van der Waals surface area contributed by atoms with Crippen molar-refractivity contribution in [2.24, 2.45) is 0 Å². The van der Waals surface area contributed by atoms with Gasteiger partial charge in [-0.25, -0.2) is 17.7 Å². The second kappa shape index (κ2) is 5.48. The van der Waals surface area contributed by atoms with Crippen LogP contribution in [-0.2, 0) is 10.0 Å². The molecule has 7 nitrogen and oxygen atoms in total. The van der Waals surface area contributed by atoms with E-state index in [1.165, 1.54) is 10.6 Å². The predicted octanol–water partition coefficient (Wildman–Crippen LogP) is 0.548. The lowest BCUT2D eigenvalue weighted by atomic mass is 10.1. The number of piperidine rings is 1. The highest BCUT2D eigenvalue weighted by Gasteiger charge is 2.24. The summed E-state index contributed by atoms with van der Waals surface area (Å²) in [6.45, 7) is 1.01. The summed E-state index contributed by atoms with van der Waals surface area (Å²) in [5.41, 5.74) is 5.51. The highest BCUT2D eigenvalue weighted by atomic mass is 35.5. The molecule has 0 amide bonds. The minimum absolute atomic E-state index is 0.114. The van der Waals surface area contributed by atoms with Gasteiger partial charge in [-0.05, 0) is 12.8 Å². The van der Waals surface area contributed by atoms with Crippen molar-refractivity contribution >= 4 is 33.4 Å². The minimum Gasteiger partial charge on any atom is -0.368 e. The summed E-state index contributed by atoms with van der Waals surface area (Å²) < 4.78 is 24.3. The third kappa shape index (κ3) is 3.92. The van der Waals surface area contributed by atoms with Crippen LogP contribution < -0.4 is 11.1 Å². The molecule has 0 spiro atoms. The first-order chi connectivity index (χ1) is 8.84. The zero-order valence-corrected chi connectivity index (χ0v) is 12.1. The van der Waals surface area contributed by atoms with E-state index in [1.807, 2.05) is 0 Å². The number of hydrogen-bond acceptors (Lipinski definition) is 6. The number of anilines is 2. The first-order valence-corrected chi connectivity index (χ1v) is 8.09. The van der Waals surface area contributed by atoms with Crippen molar-refractivity contribution < 1.29 is 8.42 Å². The van der Waals surface area contributed by atoms with E-state index in [4.69, 9.17) is 17.3 Å². The van der Waals surface area contributed by atoms with Crippen LogP contribution in [0.25, 0.3) is 0 Å². The average Bonchev–Trinajstić information content (AvgIpc) is 2.26. The molecule has 1 aliphatic rings. The van der Waals surface area contributed by atoms with Crippen LogP contribution in [0.15, 0.2) is 6.07 Å². The smallest absolute Gasteiger partial charge is 0.223 e. The lowest BCUT2D eigenvalue weighted by Crippen LogP contribution is -2.41. The van der Waals surface area contributed by atoms with Crippen molar-refractivity contribution in [1.29, 1.82) is 0 Å². The van der Waals surface area contributed by atoms with Crippen molar-refractivity contribution in [3.05, 3.63) is 11.2 Å². The fourth-order valence-corrected chi connectivity index (χ4v) is 3.11. The lowest BCUT2D eigenvalue weighted by Gasteiger charge is -2.30. The van der Waals surface area contributed by atoms with Gasteiger partial charge in [0.15, 0.2) is 0 Å². The molecule has 1 aromatic heterocycles. The van der Waals surface area contributed by atoms with Crippen molar-refractivity contribution in [3.8, 4) is 0 Å². The Labute approximate surface area is 117 Å². The third-order valence-electron chi connectivity index (χ3n) is 2.99. The summed E-state index contributed by atoms with van der Waals surface area (Å²) in [5.74, 6) is 0.680. The fraction of sp³-hybridized carbons (Fsp3) is 0.600. The average molecular weight is 306 g/mol. The number of nitrogens with zero attached hydrogens (tertiary/aromatic N) is 3. The van der Waals surface area contributed by atoms with Gasteiger partial charge in [-0.3, -0.25) is 0 Å². The Morgan fingerprint density at radius 1 is 1.42 bits per heavy atom. The molecule has 0 atom stereocenters. The number of aromatic nitrogens is 2. The second-order valence-corrected chi connectivity index (χ2v) is 6.88. The van der Waals surface area contributed by atoms with E-state index in [2.05, 4.69) is 15.3 Å². The minimum atomic E-state index is -3.10. The molecule has 0 unspecified atom stereocenters. The zero-order chi connectivity index (χ0) is 14.0. The van der Waals surface area contributed by atoms with Crippen molar-refractivity contribution in [1.82, 2.24) is 14.3 Å². The number of rotatable bonds is 3. The van der Waals surface area contributed by atoms with Gasteiger partial charge < -0.3 is 11.1 Å². The summed E-state index contributed by atoms with van der Waals surface area (Å²) in [6.07, 6.45) is 2.66. The van der Waals surface area contributed by atoms with Crippen molar-refractivity contribution in [2.45, 2.75) is 18.9 Å². The molecule has 0 aromatic carbocycles. The van der Waals surface area contributed by atoms with E-state index in [0.717, 1.165) is 0 Å². The lowest BCUT2D eigenvalue weighted by molar-refractivity contribution is 0.331. The first kappa shape index (κ1) is 14.3. The Kier molecular flexibility index (Phi) is 4.12. The summed E-state index contributed by atoms with van der Waals surface area (Å²) in [5, 5.41) is 3.48. The molecular weight excluding hydrogens is 290 g/mol. The maximum atomic E-state index is 11.4. The van der Waals surface area contributed by atoms with Gasteiger partial charge in [0.2, 0.25) is 16.0 Å². The van der Waals surface area contributed by atoms with Crippen LogP contribution in [0.1, 0.15) is 12.8 Å². The molecule has 0 radical (unpaired) electrons.